The van der Waals surface area contributed by atoms with Crippen LogP contribution < -0.4 is 14.2 Å². The van der Waals surface area contributed by atoms with Crippen molar-refractivity contribution >= 4 is 17.2 Å². The second-order valence-electron chi connectivity index (χ2n) is 6.12. The SMILES string of the molecule is COc1cc(C=O)c(-c2cnc(-c3c[nH]c4ccccc34)[nH]2)c(OC)c1OC. The smallest absolute Gasteiger partial charge is 0.204 e. The van der Waals surface area contributed by atoms with Crippen LogP contribution in [0.4, 0.5) is 0 Å². The number of methoxy groups -OCH3 is 3. The number of benzene rings is 2. The lowest BCUT2D eigenvalue weighted by atomic mass is 10.0. The first kappa shape index (κ1) is 17.7. The highest BCUT2D eigenvalue weighted by Crippen LogP contribution is 2.46. The van der Waals surface area contributed by atoms with Crippen LogP contribution in [0.25, 0.3) is 33.5 Å². The molecule has 28 heavy (non-hydrogen) atoms. The summed E-state index contributed by atoms with van der Waals surface area (Å²) in [5.41, 5.74) is 3.57. The molecule has 2 heterocycles. The van der Waals surface area contributed by atoms with Gasteiger partial charge in [0.1, 0.15) is 5.82 Å². The Morgan fingerprint density at radius 2 is 1.82 bits per heavy atom. The maximum absolute atomic E-state index is 11.8. The Bertz CT molecular complexity index is 1160. The molecule has 0 saturated carbocycles. The lowest BCUT2D eigenvalue weighted by Crippen LogP contribution is -2.00. The Balaban J connectivity index is 1.90. The first-order valence-electron chi connectivity index (χ1n) is 8.61. The number of imidazole rings is 1. The summed E-state index contributed by atoms with van der Waals surface area (Å²) in [5.74, 6) is 1.91. The standard InChI is InChI=1S/C21H19N3O4/c1-26-17-8-12(11-25)18(20(28-3)19(17)27-2)16-10-23-21(24-16)14-9-22-15-7-5-4-6-13(14)15/h4-11,22H,1-3H3,(H,23,24). The van der Waals surface area contributed by atoms with Crippen LogP contribution in [0, 0.1) is 0 Å². The molecule has 0 aliphatic heterocycles. The van der Waals surface area contributed by atoms with Crippen LogP contribution in [0.3, 0.4) is 0 Å². The summed E-state index contributed by atoms with van der Waals surface area (Å²) < 4.78 is 16.3. The van der Waals surface area contributed by atoms with E-state index in [2.05, 4.69) is 15.0 Å². The van der Waals surface area contributed by atoms with Gasteiger partial charge < -0.3 is 24.2 Å². The number of hydrogen-bond donors (Lipinski definition) is 2. The molecule has 7 nitrogen and oxygen atoms in total. The summed E-state index contributed by atoms with van der Waals surface area (Å²) in [4.78, 5) is 22.8. The first-order chi connectivity index (χ1) is 13.7. The summed E-state index contributed by atoms with van der Waals surface area (Å²) in [6.45, 7) is 0. The van der Waals surface area contributed by atoms with Gasteiger partial charge in [-0.05, 0) is 12.1 Å². The Morgan fingerprint density at radius 1 is 1.04 bits per heavy atom. The van der Waals surface area contributed by atoms with Crippen molar-refractivity contribution in [1.82, 2.24) is 15.0 Å². The molecule has 0 aliphatic carbocycles. The van der Waals surface area contributed by atoms with Gasteiger partial charge in [0, 0.05) is 28.2 Å². The lowest BCUT2D eigenvalue weighted by molar-refractivity contribution is 0.112. The monoisotopic (exact) mass is 377 g/mol. The topological polar surface area (TPSA) is 89.2 Å². The van der Waals surface area contributed by atoms with Crippen LogP contribution in [-0.2, 0) is 0 Å². The zero-order valence-corrected chi connectivity index (χ0v) is 15.7. The fourth-order valence-electron chi connectivity index (χ4n) is 3.40. The van der Waals surface area contributed by atoms with Crippen LogP contribution in [0.2, 0.25) is 0 Å². The maximum atomic E-state index is 11.8. The first-order valence-corrected chi connectivity index (χ1v) is 8.61. The molecule has 0 aliphatic rings. The van der Waals surface area contributed by atoms with Gasteiger partial charge in [-0.25, -0.2) is 4.98 Å². The molecule has 0 saturated heterocycles. The van der Waals surface area contributed by atoms with Crippen LogP contribution in [0.5, 0.6) is 17.2 Å². The van der Waals surface area contributed by atoms with E-state index in [9.17, 15) is 4.79 Å². The number of carbonyl (C=O) groups is 1. The number of aromatic amines is 2. The van der Waals surface area contributed by atoms with E-state index in [0.717, 1.165) is 22.8 Å². The van der Waals surface area contributed by atoms with Crippen LogP contribution in [0.1, 0.15) is 10.4 Å². The third-order valence-corrected chi connectivity index (χ3v) is 4.68. The molecule has 2 aromatic carbocycles. The molecule has 0 bridgehead atoms. The normalized spacial score (nSPS) is 10.8. The number of nitrogens with one attached hydrogen (secondary N) is 2. The highest BCUT2D eigenvalue weighted by atomic mass is 16.5. The predicted molar refractivity (Wildman–Crippen MR) is 106 cm³/mol. The number of H-pyrrole nitrogens is 2. The number of hydrogen-bond acceptors (Lipinski definition) is 5. The number of fused-ring (bicyclic) bond motifs is 1. The summed E-state index contributed by atoms with van der Waals surface area (Å²) in [6, 6.07) is 9.60. The molecule has 0 fully saturated rings. The summed E-state index contributed by atoms with van der Waals surface area (Å²) >= 11 is 0. The number of para-hydroxylation sites is 1. The lowest BCUT2D eigenvalue weighted by Gasteiger charge is -2.16. The third-order valence-electron chi connectivity index (χ3n) is 4.68. The van der Waals surface area contributed by atoms with Crippen molar-refractivity contribution in [3.8, 4) is 39.9 Å². The highest BCUT2D eigenvalue weighted by Gasteiger charge is 2.23. The number of aldehydes is 1. The van der Waals surface area contributed by atoms with Crippen molar-refractivity contribution in [2.45, 2.75) is 0 Å². The molecule has 0 radical (unpaired) electrons. The molecule has 4 rings (SSSR count). The minimum Gasteiger partial charge on any atom is -0.493 e. The fourth-order valence-corrected chi connectivity index (χ4v) is 3.40. The highest BCUT2D eigenvalue weighted by molar-refractivity contribution is 5.95. The number of rotatable bonds is 6. The average molecular weight is 377 g/mol. The minimum atomic E-state index is 0.401. The number of nitrogens with zero attached hydrogens (tertiary/aromatic N) is 1. The molecule has 2 aromatic heterocycles. The van der Waals surface area contributed by atoms with Gasteiger partial charge in [0.15, 0.2) is 17.8 Å². The van der Waals surface area contributed by atoms with Crippen molar-refractivity contribution < 1.29 is 19.0 Å². The van der Waals surface area contributed by atoms with E-state index < -0.39 is 0 Å². The van der Waals surface area contributed by atoms with Gasteiger partial charge in [-0.2, -0.15) is 0 Å². The third kappa shape index (κ3) is 2.68. The van der Waals surface area contributed by atoms with Gasteiger partial charge in [-0.1, -0.05) is 18.2 Å². The quantitative estimate of drug-likeness (QED) is 0.495. The van der Waals surface area contributed by atoms with Gasteiger partial charge >= 0.3 is 0 Å². The molecule has 2 N–H and O–H groups in total. The minimum absolute atomic E-state index is 0.401. The van der Waals surface area contributed by atoms with E-state index in [1.54, 1.807) is 12.3 Å². The van der Waals surface area contributed by atoms with Gasteiger partial charge in [0.05, 0.1) is 38.8 Å². The van der Waals surface area contributed by atoms with Crippen molar-refractivity contribution in [2.24, 2.45) is 0 Å². The van der Waals surface area contributed by atoms with E-state index >= 15 is 0 Å². The van der Waals surface area contributed by atoms with Crippen molar-refractivity contribution in [3.05, 3.63) is 48.3 Å². The van der Waals surface area contributed by atoms with Crippen LogP contribution >= 0.6 is 0 Å². The molecule has 142 valence electrons. The molecule has 0 atom stereocenters. The predicted octanol–water partition coefficient (Wildman–Crippen LogP) is 4.06. The molecule has 4 aromatic rings. The average Bonchev–Trinajstić information content (AvgIpc) is 3.38. The molecule has 7 heteroatoms. The Hall–Kier alpha value is -3.74. The van der Waals surface area contributed by atoms with E-state index in [1.165, 1.54) is 21.3 Å². The molecule has 0 amide bonds. The fraction of sp³-hybridized carbons (Fsp3) is 0.143. The van der Waals surface area contributed by atoms with Gasteiger partial charge in [0.2, 0.25) is 5.75 Å². The van der Waals surface area contributed by atoms with Gasteiger partial charge in [-0.3, -0.25) is 4.79 Å². The van der Waals surface area contributed by atoms with E-state index in [0.29, 0.717) is 39.9 Å². The van der Waals surface area contributed by atoms with Gasteiger partial charge in [0.25, 0.3) is 0 Å². The van der Waals surface area contributed by atoms with Crippen molar-refractivity contribution in [1.29, 1.82) is 0 Å². The summed E-state index contributed by atoms with van der Waals surface area (Å²) in [6.07, 6.45) is 4.33. The van der Waals surface area contributed by atoms with Crippen molar-refractivity contribution in [2.75, 3.05) is 21.3 Å². The summed E-state index contributed by atoms with van der Waals surface area (Å²) in [5, 5.41) is 1.05. The number of aromatic nitrogens is 3. The molecule has 0 unspecified atom stereocenters. The number of carbonyl (C=O) groups excluding carboxylic acids is 1. The second kappa shape index (κ2) is 7.11. The van der Waals surface area contributed by atoms with Crippen molar-refractivity contribution in [3.63, 3.8) is 0 Å². The van der Waals surface area contributed by atoms with E-state index in [1.807, 2.05) is 30.5 Å². The van der Waals surface area contributed by atoms with E-state index in [4.69, 9.17) is 14.2 Å². The zero-order valence-electron chi connectivity index (χ0n) is 15.7. The largest absolute Gasteiger partial charge is 0.493 e. The maximum Gasteiger partial charge on any atom is 0.204 e. The molecular weight excluding hydrogens is 358 g/mol. The number of ether oxygens (including phenoxy) is 3. The van der Waals surface area contributed by atoms with Crippen LogP contribution in [-0.4, -0.2) is 42.6 Å². The molecule has 0 spiro atoms. The Kier molecular flexibility index (Phi) is 4.49. The van der Waals surface area contributed by atoms with E-state index in [-0.39, 0.29) is 0 Å². The van der Waals surface area contributed by atoms with Crippen LogP contribution in [0.15, 0.2) is 42.7 Å². The van der Waals surface area contributed by atoms with Gasteiger partial charge in [-0.15, -0.1) is 0 Å². The Morgan fingerprint density at radius 3 is 2.54 bits per heavy atom. The summed E-state index contributed by atoms with van der Waals surface area (Å²) in [7, 11) is 4.55. The zero-order chi connectivity index (χ0) is 19.7. The second-order valence-corrected chi connectivity index (χ2v) is 6.12. The Labute approximate surface area is 161 Å². The molecular formula is C21H19N3O4.